The number of aryl methyl sites for hydroxylation is 1. The summed E-state index contributed by atoms with van der Waals surface area (Å²) in [6.07, 6.45) is 0. The van der Waals surface area contributed by atoms with Crippen molar-refractivity contribution in [2.24, 2.45) is 0 Å². The number of aromatic carboxylic acids is 1. The van der Waals surface area contributed by atoms with E-state index in [0.717, 1.165) is 22.0 Å². The average Bonchev–Trinajstić information content (AvgIpc) is 2.81. The molecule has 0 bridgehead atoms. The van der Waals surface area contributed by atoms with Gasteiger partial charge in [0, 0.05) is 11.9 Å². The molecular formula is C18H17NO3. The number of carboxylic acids is 1. The molecule has 4 nitrogen and oxygen atoms in total. The molecular weight excluding hydrogens is 278 g/mol. The Morgan fingerprint density at radius 3 is 2.50 bits per heavy atom. The number of rotatable bonds is 4. The lowest BCUT2D eigenvalue weighted by atomic mass is 10.1. The van der Waals surface area contributed by atoms with Gasteiger partial charge in [0.2, 0.25) is 0 Å². The molecule has 4 heteroatoms. The molecule has 0 fully saturated rings. The van der Waals surface area contributed by atoms with Gasteiger partial charge < -0.3 is 14.4 Å². The van der Waals surface area contributed by atoms with Gasteiger partial charge in [0.15, 0.2) is 0 Å². The largest absolute Gasteiger partial charge is 0.495 e. The van der Waals surface area contributed by atoms with Crippen LogP contribution >= 0.6 is 0 Å². The first-order valence-electron chi connectivity index (χ1n) is 7.06. The fraction of sp³-hybridized carbons (Fsp3) is 0.167. The Kier molecular flexibility index (Phi) is 3.59. The molecule has 0 amide bonds. The number of nitrogens with zero attached hydrogens (tertiary/aromatic N) is 1. The smallest absolute Gasteiger partial charge is 0.352 e. The van der Waals surface area contributed by atoms with E-state index in [1.54, 1.807) is 7.11 Å². The Morgan fingerprint density at radius 1 is 1.14 bits per heavy atom. The molecule has 2 aromatic carbocycles. The predicted octanol–water partition coefficient (Wildman–Crippen LogP) is 3.70. The lowest BCUT2D eigenvalue weighted by Gasteiger charge is -2.11. The van der Waals surface area contributed by atoms with Crippen molar-refractivity contribution in [2.45, 2.75) is 13.5 Å². The highest BCUT2D eigenvalue weighted by Crippen LogP contribution is 2.33. The van der Waals surface area contributed by atoms with Crippen LogP contribution < -0.4 is 4.74 Å². The highest BCUT2D eigenvalue weighted by atomic mass is 16.5. The fourth-order valence-corrected chi connectivity index (χ4v) is 2.91. The maximum atomic E-state index is 11.7. The fourth-order valence-electron chi connectivity index (χ4n) is 2.91. The van der Waals surface area contributed by atoms with Crippen LogP contribution in [0.1, 0.15) is 21.6 Å². The minimum Gasteiger partial charge on any atom is -0.495 e. The maximum Gasteiger partial charge on any atom is 0.352 e. The molecule has 0 spiro atoms. The molecule has 0 aliphatic carbocycles. The van der Waals surface area contributed by atoms with Crippen molar-refractivity contribution in [3.05, 3.63) is 65.4 Å². The Morgan fingerprint density at radius 2 is 1.86 bits per heavy atom. The van der Waals surface area contributed by atoms with Gasteiger partial charge in [-0.1, -0.05) is 42.5 Å². The van der Waals surface area contributed by atoms with E-state index in [2.05, 4.69) is 0 Å². The lowest BCUT2D eigenvalue weighted by molar-refractivity contribution is 0.0685. The SMILES string of the molecule is COc1cccc2c(C)c(C(=O)O)n(Cc3ccccc3)c12. The van der Waals surface area contributed by atoms with Crippen molar-refractivity contribution in [1.82, 2.24) is 4.57 Å². The molecule has 112 valence electrons. The van der Waals surface area contributed by atoms with Gasteiger partial charge in [-0.15, -0.1) is 0 Å². The number of carbonyl (C=O) groups is 1. The van der Waals surface area contributed by atoms with Crippen molar-refractivity contribution >= 4 is 16.9 Å². The van der Waals surface area contributed by atoms with E-state index >= 15 is 0 Å². The summed E-state index contributed by atoms with van der Waals surface area (Å²) in [6.45, 7) is 2.33. The number of benzene rings is 2. The molecule has 3 aromatic rings. The highest BCUT2D eigenvalue weighted by molar-refractivity contribution is 6.00. The summed E-state index contributed by atoms with van der Waals surface area (Å²) < 4.78 is 7.26. The van der Waals surface area contributed by atoms with Gasteiger partial charge in [0.05, 0.1) is 12.6 Å². The van der Waals surface area contributed by atoms with Crippen LogP contribution in [0.15, 0.2) is 48.5 Å². The number of fused-ring (bicyclic) bond motifs is 1. The first kappa shape index (κ1) is 14.2. The second-order valence-electron chi connectivity index (χ2n) is 5.21. The third-order valence-electron chi connectivity index (χ3n) is 3.90. The maximum absolute atomic E-state index is 11.7. The Labute approximate surface area is 128 Å². The second-order valence-corrected chi connectivity index (χ2v) is 5.21. The first-order valence-corrected chi connectivity index (χ1v) is 7.06. The Hall–Kier alpha value is -2.75. The summed E-state index contributed by atoms with van der Waals surface area (Å²) in [7, 11) is 1.60. The number of para-hydroxylation sites is 1. The van der Waals surface area contributed by atoms with Gasteiger partial charge in [-0.05, 0) is 24.1 Å². The van der Waals surface area contributed by atoms with Crippen LogP contribution in [0.5, 0.6) is 5.75 Å². The van der Waals surface area contributed by atoms with Crippen LogP contribution in [-0.4, -0.2) is 22.8 Å². The number of carboxylic acid groups (broad SMARTS) is 1. The second kappa shape index (κ2) is 5.56. The lowest BCUT2D eigenvalue weighted by Crippen LogP contribution is -2.11. The van der Waals surface area contributed by atoms with Crippen LogP contribution in [-0.2, 0) is 6.54 Å². The summed E-state index contributed by atoms with van der Waals surface area (Å²) in [5.74, 6) is -0.240. The minimum atomic E-state index is -0.924. The number of aromatic nitrogens is 1. The zero-order chi connectivity index (χ0) is 15.7. The van der Waals surface area contributed by atoms with Gasteiger partial charge in [0.1, 0.15) is 11.4 Å². The molecule has 0 radical (unpaired) electrons. The zero-order valence-corrected chi connectivity index (χ0v) is 12.5. The molecule has 0 unspecified atom stereocenters. The van der Waals surface area contributed by atoms with Gasteiger partial charge in [0.25, 0.3) is 0 Å². The monoisotopic (exact) mass is 295 g/mol. The summed E-state index contributed by atoms with van der Waals surface area (Å²) >= 11 is 0. The molecule has 0 aliphatic rings. The number of hydrogen-bond acceptors (Lipinski definition) is 2. The van der Waals surface area contributed by atoms with Crippen molar-refractivity contribution in [2.75, 3.05) is 7.11 Å². The molecule has 0 saturated carbocycles. The molecule has 0 atom stereocenters. The predicted molar refractivity (Wildman–Crippen MR) is 85.7 cm³/mol. The standard InChI is InChI=1S/C18H17NO3/c1-12-14-9-6-10-15(22-2)17(14)19(16(12)18(20)21)11-13-7-4-3-5-8-13/h3-10H,11H2,1-2H3,(H,20,21). The number of hydrogen-bond donors (Lipinski definition) is 1. The van der Waals surface area contributed by atoms with Crippen molar-refractivity contribution < 1.29 is 14.6 Å². The molecule has 1 N–H and O–H groups in total. The van der Waals surface area contributed by atoms with Crippen molar-refractivity contribution in [3.63, 3.8) is 0 Å². The summed E-state index contributed by atoms with van der Waals surface area (Å²) in [4.78, 5) is 11.7. The van der Waals surface area contributed by atoms with Gasteiger partial charge in [-0.25, -0.2) is 4.79 Å². The molecule has 1 heterocycles. The van der Waals surface area contributed by atoms with Crippen LogP contribution in [0.2, 0.25) is 0 Å². The number of methoxy groups -OCH3 is 1. The van der Waals surface area contributed by atoms with E-state index in [9.17, 15) is 9.90 Å². The summed E-state index contributed by atoms with van der Waals surface area (Å²) in [6, 6.07) is 15.5. The summed E-state index contributed by atoms with van der Waals surface area (Å²) in [5.41, 5.74) is 2.94. The van der Waals surface area contributed by atoms with E-state index in [-0.39, 0.29) is 0 Å². The van der Waals surface area contributed by atoms with Crippen LogP contribution in [0.3, 0.4) is 0 Å². The van der Waals surface area contributed by atoms with E-state index in [1.807, 2.05) is 60.0 Å². The molecule has 0 saturated heterocycles. The van der Waals surface area contributed by atoms with E-state index < -0.39 is 5.97 Å². The summed E-state index contributed by atoms with van der Waals surface area (Å²) in [5, 5.41) is 10.5. The van der Waals surface area contributed by atoms with Crippen LogP contribution in [0.4, 0.5) is 0 Å². The zero-order valence-electron chi connectivity index (χ0n) is 12.5. The van der Waals surface area contributed by atoms with E-state index in [0.29, 0.717) is 18.0 Å². The number of ether oxygens (including phenoxy) is 1. The van der Waals surface area contributed by atoms with E-state index in [1.165, 1.54) is 0 Å². The van der Waals surface area contributed by atoms with Gasteiger partial charge in [-0.3, -0.25) is 0 Å². The quantitative estimate of drug-likeness (QED) is 0.798. The van der Waals surface area contributed by atoms with Gasteiger partial charge >= 0.3 is 5.97 Å². The Bertz CT molecular complexity index is 834. The van der Waals surface area contributed by atoms with Crippen LogP contribution in [0.25, 0.3) is 10.9 Å². The first-order chi connectivity index (χ1) is 10.6. The third kappa shape index (κ3) is 2.22. The highest BCUT2D eigenvalue weighted by Gasteiger charge is 2.21. The molecule has 1 aromatic heterocycles. The van der Waals surface area contributed by atoms with Crippen molar-refractivity contribution in [3.8, 4) is 5.75 Å². The topological polar surface area (TPSA) is 51.5 Å². The van der Waals surface area contributed by atoms with Crippen molar-refractivity contribution in [1.29, 1.82) is 0 Å². The van der Waals surface area contributed by atoms with Crippen LogP contribution in [0, 0.1) is 6.92 Å². The van der Waals surface area contributed by atoms with Gasteiger partial charge in [-0.2, -0.15) is 0 Å². The normalized spacial score (nSPS) is 10.8. The molecule has 3 rings (SSSR count). The minimum absolute atomic E-state index is 0.309. The van der Waals surface area contributed by atoms with E-state index in [4.69, 9.17) is 4.74 Å². The molecule has 0 aliphatic heterocycles. The Balaban J connectivity index is 2.30. The average molecular weight is 295 g/mol. The molecule has 22 heavy (non-hydrogen) atoms. The third-order valence-corrected chi connectivity index (χ3v) is 3.90.